The molecular weight excluding hydrogens is 306 g/mol. The molecule has 0 spiro atoms. The number of likely N-dealkylation sites (N-methyl/N-ethyl adjacent to an activating group) is 1. The van der Waals surface area contributed by atoms with Crippen LogP contribution in [0.4, 0.5) is 0 Å². The average Bonchev–Trinajstić information content (AvgIpc) is 3.10. The SMILES string of the molecule is Cc1ccc2c(c1)c1c(n2-c2csc(C(N)=O)c2)CCN(C)C1. The molecule has 2 aromatic heterocycles. The van der Waals surface area contributed by atoms with E-state index in [2.05, 4.69) is 41.6 Å². The van der Waals surface area contributed by atoms with E-state index in [1.54, 1.807) is 0 Å². The molecule has 0 fully saturated rings. The zero-order chi connectivity index (χ0) is 16.1. The summed E-state index contributed by atoms with van der Waals surface area (Å²) in [6.45, 7) is 4.15. The van der Waals surface area contributed by atoms with Crippen LogP contribution in [-0.2, 0) is 13.0 Å². The normalized spacial score (nSPS) is 15.0. The van der Waals surface area contributed by atoms with Gasteiger partial charge >= 0.3 is 0 Å². The Morgan fingerprint density at radius 2 is 2.13 bits per heavy atom. The second-order valence-electron chi connectivity index (χ2n) is 6.30. The number of primary amides is 1. The lowest BCUT2D eigenvalue weighted by Crippen LogP contribution is -2.27. The van der Waals surface area contributed by atoms with Crippen LogP contribution >= 0.6 is 11.3 Å². The van der Waals surface area contributed by atoms with Gasteiger partial charge in [-0.2, -0.15) is 0 Å². The fraction of sp³-hybridized carbons (Fsp3) is 0.278. The van der Waals surface area contributed by atoms with Crippen molar-refractivity contribution in [3.8, 4) is 5.69 Å². The van der Waals surface area contributed by atoms with Gasteiger partial charge in [-0.25, -0.2) is 0 Å². The van der Waals surface area contributed by atoms with Gasteiger partial charge in [0.25, 0.3) is 5.91 Å². The van der Waals surface area contributed by atoms with Gasteiger partial charge in [0.05, 0.1) is 16.1 Å². The van der Waals surface area contributed by atoms with Crippen molar-refractivity contribution in [2.45, 2.75) is 19.9 Å². The summed E-state index contributed by atoms with van der Waals surface area (Å²) in [7, 11) is 2.16. The second kappa shape index (κ2) is 5.22. The number of aryl methyl sites for hydroxylation is 1. The number of carbonyl (C=O) groups is 1. The van der Waals surface area contributed by atoms with Gasteiger partial charge in [0.1, 0.15) is 0 Å². The Hall–Kier alpha value is -2.11. The standard InChI is InChI=1S/C18H19N3OS/c1-11-3-4-15-13(7-11)14-9-20(2)6-5-16(14)21(15)12-8-17(18(19)22)23-10-12/h3-4,7-8,10H,5-6,9H2,1-2H3,(H2,19,22). The Morgan fingerprint density at radius 1 is 1.30 bits per heavy atom. The second-order valence-corrected chi connectivity index (χ2v) is 7.21. The van der Waals surface area contributed by atoms with Gasteiger partial charge in [0, 0.05) is 36.0 Å². The van der Waals surface area contributed by atoms with Crippen LogP contribution in [0.5, 0.6) is 0 Å². The lowest BCUT2D eigenvalue weighted by Gasteiger charge is -2.24. The number of aromatic nitrogens is 1. The molecule has 4 nitrogen and oxygen atoms in total. The minimum absolute atomic E-state index is 0.359. The maximum Gasteiger partial charge on any atom is 0.258 e. The number of nitrogens with two attached hydrogens (primary N) is 1. The summed E-state index contributed by atoms with van der Waals surface area (Å²) in [5, 5.41) is 3.34. The predicted molar refractivity (Wildman–Crippen MR) is 94.4 cm³/mol. The van der Waals surface area contributed by atoms with Gasteiger partial charge in [-0.3, -0.25) is 4.79 Å². The highest BCUT2D eigenvalue weighted by atomic mass is 32.1. The van der Waals surface area contributed by atoms with Crippen LogP contribution in [0.15, 0.2) is 29.6 Å². The highest BCUT2D eigenvalue weighted by Gasteiger charge is 2.23. The number of fused-ring (bicyclic) bond motifs is 3. The van der Waals surface area contributed by atoms with Gasteiger partial charge in [-0.1, -0.05) is 11.6 Å². The average molecular weight is 325 g/mol. The Kier molecular flexibility index (Phi) is 3.28. The number of hydrogen-bond donors (Lipinski definition) is 1. The van der Waals surface area contributed by atoms with E-state index in [4.69, 9.17) is 5.73 Å². The van der Waals surface area contributed by atoms with Gasteiger partial charge in [0.2, 0.25) is 0 Å². The van der Waals surface area contributed by atoms with Crippen LogP contribution in [-0.4, -0.2) is 29.0 Å². The molecule has 2 N–H and O–H groups in total. The van der Waals surface area contributed by atoms with Crippen LogP contribution in [0.2, 0.25) is 0 Å². The molecule has 1 aliphatic heterocycles. The van der Waals surface area contributed by atoms with Gasteiger partial charge in [0.15, 0.2) is 0 Å². The summed E-state index contributed by atoms with van der Waals surface area (Å²) in [5.41, 5.74) is 11.7. The highest BCUT2D eigenvalue weighted by Crippen LogP contribution is 2.34. The van der Waals surface area contributed by atoms with Crippen LogP contribution in [0.25, 0.3) is 16.6 Å². The first kappa shape index (κ1) is 14.5. The number of carbonyl (C=O) groups excluding carboxylic acids is 1. The van der Waals surface area contributed by atoms with Crippen LogP contribution in [0.3, 0.4) is 0 Å². The molecule has 0 aliphatic carbocycles. The molecule has 23 heavy (non-hydrogen) atoms. The zero-order valence-corrected chi connectivity index (χ0v) is 14.1. The van der Waals surface area contributed by atoms with E-state index in [0.717, 1.165) is 25.2 Å². The predicted octanol–water partition coefficient (Wildman–Crippen LogP) is 3.09. The summed E-state index contributed by atoms with van der Waals surface area (Å²) in [6, 6.07) is 8.51. The lowest BCUT2D eigenvalue weighted by molar-refractivity contribution is 0.100. The van der Waals surface area contributed by atoms with Crippen molar-refractivity contribution in [2.75, 3.05) is 13.6 Å². The van der Waals surface area contributed by atoms with Crippen LogP contribution < -0.4 is 5.73 Å². The van der Waals surface area contributed by atoms with Gasteiger partial charge < -0.3 is 15.2 Å². The summed E-state index contributed by atoms with van der Waals surface area (Å²) in [6.07, 6.45) is 1.02. The van der Waals surface area contributed by atoms with Crippen LogP contribution in [0.1, 0.15) is 26.5 Å². The highest BCUT2D eigenvalue weighted by molar-refractivity contribution is 7.12. The van der Waals surface area contributed by atoms with Crippen molar-refractivity contribution in [3.05, 3.63) is 51.3 Å². The molecule has 0 saturated heterocycles. The minimum atomic E-state index is -0.359. The largest absolute Gasteiger partial charge is 0.365 e. The number of hydrogen-bond acceptors (Lipinski definition) is 3. The van der Waals surface area contributed by atoms with Crippen LogP contribution in [0, 0.1) is 6.92 Å². The van der Waals surface area contributed by atoms with Crippen molar-refractivity contribution in [3.63, 3.8) is 0 Å². The van der Waals surface area contributed by atoms with E-state index in [0.29, 0.717) is 4.88 Å². The molecule has 0 saturated carbocycles. The third-order valence-corrected chi connectivity index (χ3v) is 5.51. The van der Waals surface area contributed by atoms with E-state index in [9.17, 15) is 4.79 Å². The molecule has 1 aliphatic rings. The zero-order valence-electron chi connectivity index (χ0n) is 13.3. The maximum atomic E-state index is 11.4. The summed E-state index contributed by atoms with van der Waals surface area (Å²) in [4.78, 5) is 14.4. The summed E-state index contributed by atoms with van der Waals surface area (Å²) in [5.74, 6) is -0.359. The van der Waals surface area contributed by atoms with E-state index >= 15 is 0 Å². The molecule has 0 atom stereocenters. The topological polar surface area (TPSA) is 51.3 Å². The number of amides is 1. The number of thiophene rings is 1. The number of nitrogens with zero attached hydrogens (tertiary/aromatic N) is 2. The van der Waals surface area contributed by atoms with E-state index < -0.39 is 0 Å². The van der Waals surface area contributed by atoms with E-state index in [1.807, 2.05) is 11.4 Å². The molecule has 0 bridgehead atoms. The molecule has 0 radical (unpaired) electrons. The molecule has 4 rings (SSSR count). The van der Waals surface area contributed by atoms with Gasteiger partial charge in [-0.15, -0.1) is 11.3 Å². The third kappa shape index (κ3) is 2.28. The Morgan fingerprint density at radius 3 is 2.87 bits per heavy atom. The smallest absolute Gasteiger partial charge is 0.258 e. The molecule has 118 valence electrons. The van der Waals surface area contributed by atoms with Crippen molar-refractivity contribution in [2.24, 2.45) is 5.73 Å². The van der Waals surface area contributed by atoms with Gasteiger partial charge in [-0.05, 0) is 37.7 Å². The molecule has 0 unspecified atom stereocenters. The Balaban J connectivity index is 2.00. The fourth-order valence-electron chi connectivity index (χ4n) is 3.47. The Labute approximate surface area is 139 Å². The fourth-order valence-corrected chi connectivity index (χ4v) is 4.20. The molecule has 1 aromatic carbocycles. The number of rotatable bonds is 2. The van der Waals surface area contributed by atoms with E-state index in [1.165, 1.54) is 39.1 Å². The quantitative estimate of drug-likeness (QED) is 0.787. The first-order chi connectivity index (χ1) is 11.0. The Bertz CT molecular complexity index is 922. The first-order valence-corrected chi connectivity index (χ1v) is 8.62. The summed E-state index contributed by atoms with van der Waals surface area (Å²) < 4.78 is 2.31. The molecular formula is C18H19N3OS. The molecule has 3 heterocycles. The third-order valence-electron chi connectivity index (χ3n) is 4.58. The molecule has 3 aromatic rings. The van der Waals surface area contributed by atoms with E-state index in [-0.39, 0.29) is 5.91 Å². The monoisotopic (exact) mass is 325 g/mol. The molecule has 1 amide bonds. The minimum Gasteiger partial charge on any atom is -0.365 e. The van der Waals surface area contributed by atoms with Crippen molar-refractivity contribution in [1.82, 2.24) is 9.47 Å². The first-order valence-electron chi connectivity index (χ1n) is 7.74. The molecule has 5 heteroatoms. The number of benzene rings is 1. The van der Waals surface area contributed by atoms with Crippen molar-refractivity contribution in [1.29, 1.82) is 0 Å². The summed E-state index contributed by atoms with van der Waals surface area (Å²) >= 11 is 1.41. The van der Waals surface area contributed by atoms with Crippen molar-refractivity contribution < 1.29 is 4.79 Å². The maximum absolute atomic E-state index is 11.4. The van der Waals surface area contributed by atoms with Crippen molar-refractivity contribution >= 4 is 28.1 Å². The lowest BCUT2D eigenvalue weighted by atomic mass is 10.0.